The number of nitrogens with two attached hydrogens (primary N) is 1. The summed E-state index contributed by atoms with van der Waals surface area (Å²) in [5.74, 6) is 0.238. The minimum Gasteiger partial charge on any atom is -0.497 e. The summed E-state index contributed by atoms with van der Waals surface area (Å²) in [6.45, 7) is 0.628. The number of carbonyl (C=O) groups is 1. The molecule has 0 aliphatic rings. The van der Waals surface area contributed by atoms with E-state index in [0.29, 0.717) is 12.4 Å². The minimum atomic E-state index is -1.06. The second-order valence-electron chi connectivity index (χ2n) is 4.49. The van der Waals surface area contributed by atoms with Crippen molar-refractivity contribution < 1.29 is 14.6 Å². The number of anilines is 2. The molecule has 0 spiro atoms. The molecule has 1 heterocycles. The number of nitrogens with zero attached hydrogens (tertiary/aromatic N) is 1. The molecule has 6 nitrogen and oxygen atoms in total. The van der Waals surface area contributed by atoms with Crippen molar-refractivity contribution >= 4 is 17.5 Å². The van der Waals surface area contributed by atoms with E-state index in [-0.39, 0.29) is 11.3 Å². The number of carboxylic acids is 1. The van der Waals surface area contributed by atoms with Crippen LogP contribution in [0, 0.1) is 0 Å². The molecular weight excluding hydrogens is 270 g/mol. The molecule has 0 atom stereocenters. The third-order valence-corrected chi connectivity index (χ3v) is 3.02. The molecule has 1 aromatic carbocycles. The SMILES string of the molecule is COc1cccc(CCNc2cc(C(=O)O)c(N)cn2)c1. The molecule has 0 aliphatic carbocycles. The van der Waals surface area contributed by atoms with E-state index < -0.39 is 5.97 Å². The van der Waals surface area contributed by atoms with Crippen LogP contribution in [0.2, 0.25) is 0 Å². The second kappa shape index (κ2) is 6.60. The van der Waals surface area contributed by atoms with Gasteiger partial charge in [-0.25, -0.2) is 9.78 Å². The van der Waals surface area contributed by atoms with Gasteiger partial charge in [0, 0.05) is 6.54 Å². The molecule has 0 saturated carbocycles. The highest BCUT2D eigenvalue weighted by atomic mass is 16.5. The molecule has 21 heavy (non-hydrogen) atoms. The van der Waals surface area contributed by atoms with Gasteiger partial charge in [0.05, 0.1) is 24.6 Å². The molecule has 0 unspecified atom stereocenters. The number of ether oxygens (including phenoxy) is 1. The van der Waals surface area contributed by atoms with Gasteiger partial charge in [0.2, 0.25) is 0 Å². The molecule has 2 aromatic rings. The zero-order valence-corrected chi connectivity index (χ0v) is 11.7. The van der Waals surface area contributed by atoms with Gasteiger partial charge >= 0.3 is 5.97 Å². The Balaban J connectivity index is 1.97. The van der Waals surface area contributed by atoms with Crippen molar-refractivity contribution in [3.8, 4) is 5.75 Å². The average molecular weight is 287 g/mol. The van der Waals surface area contributed by atoms with E-state index in [4.69, 9.17) is 15.6 Å². The molecule has 0 bridgehead atoms. The van der Waals surface area contributed by atoms with Gasteiger partial charge in [-0.05, 0) is 30.2 Å². The Hall–Kier alpha value is -2.76. The first kappa shape index (κ1) is 14.6. The van der Waals surface area contributed by atoms with E-state index in [1.165, 1.54) is 12.3 Å². The number of carboxylic acid groups (broad SMARTS) is 1. The number of hydrogen-bond donors (Lipinski definition) is 3. The first-order chi connectivity index (χ1) is 10.1. The van der Waals surface area contributed by atoms with Crippen LogP contribution in [0.25, 0.3) is 0 Å². The van der Waals surface area contributed by atoms with Crippen molar-refractivity contribution in [2.75, 3.05) is 24.7 Å². The average Bonchev–Trinajstić information content (AvgIpc) is 2.49. The predicted octanol–water partition coefficient (Wildman–Crippen LogP) is 2.03. The number of pyridine rings is 1. The largest absolute Gasteiger partial charge is 0.497 e. The molecule has 4 N–H and O–H groups in total. The Morgan fingerprint density at radius 2 is 2.24 bits per heavy atom. The minimum absolute atomic E-state index is 0.0499. The molecule has 0 aliphatic heterocycles. The summed E-state index contributed by atoms with van der Waals surface area (Å²) in [6.07, 6.45) is 2.11. The van der Waals surface area contributed by atoms with Crippen LogP contribution in [0.5, 0.6) is 5.75 Å². The number of aromatic carboxylic acids is 1. The maximum Gasteiger partial charge on any atom is 0.337 e. The van der Waals surface area contributed by atoms with E-state index in [1.54, 1.807) is 7.11 Å². The number of nitrogen functional groups attached to an aromatic ring is 1. The first-order valence-corrected chi connectivity index (χ1v) is 6.46. The number of benzene rings is 1. The highest BCUT2D eigenvalue weighted by Crippen LogP contribution is 2.16. The standard InChI is InChI=1S/C15H17N3O3/c1-21-11-4-2-3-10(7-11)5-6-17-14-8-12(15(19)20)13(16)9-18-14/h2-4,7-9H,5-6,16H2,1H3,(H,17,18)(H,19,20). The third kappa shape index (κ3) is 3.85. The van der Waals surface area contributed by atoms with Crippen molar-refractivity contribution in [3.63, 3.8) is 0 Å². The molecular formula is C15H17N3O3. The van der Waals surface area contributed by atoms with E-state index >= 15 is 0 Å². The molecule has 6 heteroatoms. The van der Waals surface area contributed by atoms with Crippen LogP contribution in [0.15, 0.2) is 36.5 Å². The lowest BCUT2D eigenvalue weighted by molar-refractivity contribution is 0.0698. The van der Waals surface area contributed by atoms with Gasteiger partial charge in [0.15, 0.2) is 0 Å². The van der Waals surface area contributed by atoms with Gasteiger partial charge in [-0.15, -0.1) is 0 Å². The zero-order chi connectivity index (χ0) is 15.2. The molecule has 0 saturated heterocycles. The van der Waals surface area contributed by atoms with Gasteiger partial charge in [0.25, 0.3) is 0 Å². The maximum atomic E-state index is 11.0. The Morgan fingerprint density at radius 1 is 1.43 bits per heavy atom. The quantitative estimate of drug-likeness (QED) is 0.752. The fraction of sp³-hybridized carbons (Fsp3) is 0.200. The number of nitrogens with one attached hydrogen (secondary N) is 1. The fourth-order valence-corrected chi connectivity index (χ4v) is 1.91. The highest BCUT2D eigenvalue weighted by molar-refractivity contribution is 5.94. The number of rotatable bonds is 6. The second-order valence-corrected chi connectivity index (χ2v) is 4.49. The van der Waals surface area contributed by atoms with Gasteiger partial charge in [-0.3, -0.25) is 0 Å². The lowest BCUT2D eigenvalue weighted by Crippen LogP contribution is -2.09. The Morgan fingerprint density at radius 3 is 2.95 bits per heavy atom. The molecule has 0 radical (unpaired) electrons. The third-order valence-electron chi connectivity index (χ3n) is 3.02. The molecule has 2 rings (SSSR count). The molecule has 0 amide bonds. The van der Waals surface area contributed by atoms with Crippen LogP contribution in [-0.4, -0.2) is 29.7 Å². The summed E-state index contributed by atoms with van der Waals surface area (Å²) < 4.78 is 5.16. The van der Waals surface area contributed by atoms with Crippen LogP contribution in [0.1, 0.15) is 15.9 Å². The highest BCUT2D eigenvalue weighted by Gasteiger charge is 2.09. The maximum absolute atomic E-state index is 11.0. The summed E-state index contributed by atoms with van der Waals surface area (Å²) in [7, 11) is 1.63. The number of methoxy groups -OCH3 is 1. The molecule has 1 aromatic heterocycles. The molecule has 110 valence electrons. The van der Waals surface area contributed by atoms with Gasteiger partial charge < -0.3 is 20.9 Å². The van der Waals surface area contributed by atoms with E-state index in [9.17, 15) is 4.79 Å². The smallest absolute Gasteiger partial charge is 0.337 e. The van der Waals surface area contributed by atoms with E-state index in [2.05, 4.69) is 10.3 Å². The summed E-state index contributed by atoms with van der Waals surface area (Å²) in [5.41, 5.74) is 6.88. The van der Waals surface area contributed by atoms with Crippen molar-refractivity contribution in [1.82, 2.24) is 4.98 Å². The van der Waals surface area contributed by atoms with Gasteiger partial charge in [-0.2, -0.15) is 0 Å². The van der Waals surface area contributed by atoms with Gasteiger partial charge in [-0.1, -0.05) is 12.1 Å². The summed E-state index contributed by atoms with van der Waals surface area (Å²) >= 11 is 0. The lowest BCUT2D eigenvalue weighted by atomic mass is 10.1. The fourth-order valence-electron chi connectivity index (χ4n) is 1.91. The molecule has 0 fully saturated rings. The van der Waals surface area contributed by atoms with Crippen LogP contribution in [0.3, 0.4) is 0 Å². The van der Waals surface area contributed by atoms with Crippen LogP contribution < -0.4 is 15.8 Å². The summed E-state index contributed by atoms with van der Waals surface area (Å²) in [6, 6.07) is 9.21. The summed E-state index contributed by atoms with van der Waals surface area (Å²) in [5, 5.41) is 12.1. The lowest BCUT2D eigenvalue weighted by Gasteiger charge is -2.08. The van der Waals surface area contributed by atoms with Crippen LogP contribution in [-0.2, 0) is 6.42 Å². The Labute approximate surface area is 122 Å². The van der Waals surface area contributed by atoms with Gasteiger partial charge in [0.1, 0.15) is 11.6 Å². The van der Waals surface area contributed by atoms with E-state index in [0.717, 1.165) is 17.7 Å². The van der Waals surface area contributed by atoms with Crippen molar-refractivity contribution in [2.45, 2.75) is 6.42 Å². The Bertz CT molecular complexity index is 644. The number of hydrogen-bond acceptors (Lipinski definition) is 5. The van der Waals surface area contributed by atoms with E-state index in [1.807, 2.05) is 24.3 Å². The van der Waals surface area contributed by atoms with Crippen molar-refractivity contribution in [3.05, 3.63) is 47.7 Å². The summed E-state index contributed by atoms with van der Waals surface area (Å²) in [4.78, 5) is 15.1. The monoisotopic (exact) mass is 287 g/mol. The van der Waals surface area contributed by atoms with Crippen molar-refractivity contribution in [2.24, 2.45) is 0 Å². The predicted molar refractivity (Wildman–Crippen MR) is 80.8 cm³/mol. The topological polar surface area (TPSA) is 97.5 Å². The van der Waals surface area contributed by atoms with Crippen LogP contribution in [0.4, 0.5) is 11.5 Å². The van der Waals surface area contributed by atoms with Crippen molar-refractivity contribution in [1.29, 1.82) is 0 Å². The number of aromatic nitrogens is 1. The normalized spacial score (nSPS) is 10.1. The first-order valence-electron chi connectivity index (χ1n) is 6.46. The zero-order valence-electron chi connectivity index (χ0n) is 11.7. The Kier molecular flexibility index (Phi) is 4.61. The van der Waals surface area contributed by atoms with Crippen LogP contribution >= 0.6 is 0 Å².